The number of hydrogen-bond donors (Lipinski definition) is 2. The molecule has 0 fully saturated rings. The molecule has 0 radical (unpaired) electrons. The first kappa shape index (κ1) is 18.7. The molecule has 1 aromatic heterocycles. The number of aromatic nitrogens is 2. The highest BCUT2D eigenvalue weighted by Crippen LogP contribution is 2.33. The lowest BCUT2D eigenvalue weighted by molar-refractivity contribution is -0.136. The summed E-state index contributed by atoms with van der Waals surface area (Å²) in [5, 5.41) is 16.9. The van der Waals surface area contributed by atoms with Gasteiger partial charge in [0.2, 0.25) is 0 Å². The molecule has 0 unspecified atom stereocenters. The van der Waals surface area contributed by atoms with Crippen LogP contribution >= 0.6 is 0 Å². The van der Waals surface area contributed by atoms with Crippen molar-refractivity contribution in [3.63, 3.8) is 0 Å². The van der Waals surface area contributed by atoms with E-state index in [1.54, 1.807) is 18.3 Å². The molecule has 0 spiro atoms. The predicted octanol–water partition coefficient (Wildman–Crippen LogP) is 4.97. The van der Waals surface area contributed by atoms with Gasteiger partial charge in [0.15, 0.2) is 0 Å². The fourth-order valence-corrected chi connectivity index (χ4v) is 3.19. The second-order valence-corrected chi connectivity index (χ2v) is 6.81. The van der Waals surface area contributed by atoms with Crippen LogP contribution < -0.4 is 4.74 Å². The molecule has 2 N–H and O–H groups in total. The molecule has 0 bridgehead atoms. The largest absolute Gasteiger partial charge is 0.488 e. The monoisotopic (exact) mass is 390 g/mol. The molecule has 3 aromatic carbocycles. The van der Waals surface area contributed by atoms with Crippen molar-refractivity contribution in [1.82, 2.24) is 10.2 Å². The summed E-state index contributed by atoms with van der Waals surface area (Å²) in [6.07, 6.45) is 2.26. The number of aryl methyl sites for hydroxylation is 1. The SMILES string of the molecule is O=C(O)CCc1ccc(OCc2ccc(F)cc2)c(-c2ccc3[nH]ncc3c2)c1. The summed E-state index contributed by atoms with van der Waals surface area (Å²) >= 11 is 0. The molecule has 6 heteroatoms. The maximum absolute atomic E-state index is 13.1. The number of rotatable bonds is 7. The van der Waals surface area contributed by atoms with Gasteiger partial charge in [0.25, 0.3) is 0 Å². The fraction of sp³-hybridized carbons (Fsp3) is 0.130. The van der Waals surface area contributed by atoms with Gasteiger partial charge in [0.05, 0.1) is 11.7 Å². The van der Waals surface area contributed by atoms with Gasteiger partial charge in [0, 0.05) is 17.4 Å². The van der Waals surface area contributed by atoms with Gasteiger partial charge in [-0.2, -0.15) is 5.10 Å². The third-order valence-electron chi connectivity index (χ3n) is 4.73. The molecule has 0 aliphatic carbocycles. The maximum atomic E-state index is 13.1. The molecule has 0 amide bonds. The highest BCUT2D eigenvalue weighted by atomic mass is 19.1. The fourth-order valence-electron chi connectivity index (χ4n) is 3.19. The molecule has 5 nitrogen and oxygen atoms in total. The van der Waals surface area contributed by atoms with Crippen LogP contribution in [-0.4, -0.2) is 21.3 Å². The van der Waals surface area contributed by atoms with Crippen molar-refractivity contribution in [1.29, 1.82) is 0 Å². The van der Waals surface area contributed by atoms with Gasteiger partial charge in [0.1, 0.15) is 18.2 Å². The molecule has 1 heterocycles. The lowest BCUT2D eigenvalue weighted by Gasteiger charge is -2.14. The predicted molar refractivity (Wildman–Crippen MR) is 108 cm³/mol. The maximum Gasteiger partial charge on any atom is 0.303 e. The molecule has 0 saturated carbocycles. The smallest absolute Gasteiger partial charge is 0.303 e. The summed E-state index contributed by atoms with van der Waals surface area (Å²) in [5.74, 6) is -0.440. The average molecular weight is 390 g/mol. The van der Waals surface area contributed by atoms with Crippen LogP contribution in [0.3, 0.4) is 0 Å². The first-order chi connectivity index (χ1) is 14.1. The van der Waals surface area contributed by atoms with Crippen LogP contribution in [0.4, 0.5) is 4.39 Å². The zero-order valence-corrected chi connectivity index (χ0v) is 15.6. The molecule has 0 aliphatic rings. The minimum Gasteiger partial charge on any atom is -0.488 e. The van der Waals surface area contributed by atoms with Crippen molar-refractivity contribution < 1.29 is 19.0 Å². The van der Waals surface area contributed by atoms with E-state index < -0.39 is 5.97 Å². The van der Waals surface area contributed by atoms with Gasteiger partial charge in [-0.3, -0.25) is 9.89 Å². The van der Waals surface area contributed by atoms with E-state index in [0.29, 0.717) is 18.8 Å². The van der Waals surface area contributed by atoms with Gasteiger partial charge >= 0.3 is 5.97 Å². The van der Waals surface area contributed by atoms with Crippen LogP contribution in [0.2, 0.25) is 0 Å². The van der Waals surface area contributed by atoms with Gasteiger partial charge < -0.3 is 9.84 Å². The summed E-state index contributed by atoms with van der Waals surface area (Å²) in [6, 6.07) is 17.8. The number of nitrogens with one attached hydrogen (secondary N) is 1. The number of carboxylic acids is 1. The average Bonchev–Trinajstić information content (AvgIpc) is 3.20. The minimum atomic E-state index is -0.831. The number of H-pyrrole nitrogens is 1. The van der Waals surface area contributed by atoms with E-state index in [9.17, 15) is 9.18 Å². The summed E-state index contributed by atoms with van der Waals surface area (Å²) in [5.41, 5.74) is 4.54. The van der Waals surface area contributed by atoms with Gasteiger partial charge in [-0.25, -0.2) is 4.39 Å². The normalized spacial score (nSPS) is 10.9. The topological polar surface area (TPSA) is 75.2 Å². The Hall–Kier alpha value is -3.67. The first-order valence-corrected chi connectivity index (χ1v) is 9.24. The van der Waals surface area contributed by atoms with Crippen molar-refractivity contribution in [3.8, 4) is 16.9 Å². The van der Waals surface area contributed by atoms with Crippen LogP contribution in [0, 0.1) is 5.82 Å². The number of carboxylic acid groups (broad SMARTS) is 1. The molecule has 0 saturated heterocycles. The number of aromatic amines is 1. The third-order valence-corrected chi connectivity index (χ3v) is 4.73. The highest BCUT2D eigenvalue weighted by Gasteiger charge is 2.11. The molecule has 0 atom stereocenters. The van der Waals surface area contributed by atoms with Crippen LogP contribution in [0.25, 0.3) is 22.0 Å². The van der Waals surface area contributed by atoms with Crippen molar-refractivity contribution in [2.75, 3.05) is 0 Å². The summed E-state index contributed by atoms with van der Waals surface area (Å²) in [6.45, 7) is 0.301. The van der Waals surface area contributed by atoms with Crippen LogP contribution in [-0.2, 0) is 17.8 Å². The summed E-state index contributed by atoms with van der Waals surface area (Å²) < 4.78 is 19.1. The van der Waals surface area contributed by atoms with Crippen molar-refractivity contribution >= 4 is 16.9 Å². The molecular weight excluding hydrogens is 371 g/mol. The number of nitrogens with zero attached hydrogens (tertiary/aromatic N) is 1. The zero-order chi connectivity index (χ0) is 20.2. The number of benzene rings is 3. The summed E-state index contributed by atoms with van der Waals surface area (Å²) in [4.78, 5) is 10.9. The number of halogens is 1. The van der Waals surface area contributed by atoms with Crippen molar-refractivity contribution in [2.24, 2.45) is 0 Å². The molecule has 146 valence electrons. The van der Waals surface area contributed by atoms with E-state index in [4.69, 9.17) is 9.84 Å². The number of ether oxygens (including phenoxy) is 1. The number of carbonyl (C=O) groups is 1. The van der Waals surface area contributed by atoms with E-state index in [1.165, 1.54) is 12.1 Å². The highest BCUT2D eigenvalue weighted by molar-refractivity contribution is 5.85. The lowest BCUT2D eigenvalue weighted by atomic mass is 9.99. The Morgan fingerprint density at radius 3 is 2.62 bits per heavy atom. The van der Waals surface area contributed by atoms with Crippen LogP contribution in [0.5, 0.6) is 5.75 Å². The van der Waals surface area contributed by atoms with Crippen molar-refractivity contribution in [3.05, 3.63) is 83.8 Å². The minimum absolute atomic E-state index is 0.0655. The van der Waals surface area contributed by atoms with E-state index in [0.717, 1.165) is 33.2 Å². The van der Waals surface area contributed by atoms with Gasteiger partial charge in [-0.15, -0.1) is 0 Å². The Morgan fingerprint density at radius 2 is 1.83 bits per heavy atom. The number of hydrogen-bond acceptors (Lipinski definition) is 3. The Bertz CT molecular complexity index is 1150. The van der Waals surface area contributed by atoms with E-state index in [-0.39, 0.29) is 12.2 Å². The molecule has 4 rings (SSSR count). The third kappa shape index (κ3) is 4.43. The quantitative estimate of drug-likeness (QED) is 0.467. The molecular formula is C23H19FN2O3. The number of aliphatic carboxylic acids is 1. The van der Waals surface area contributed by atoms with E-state index in [1.807, 2.05) is 36.4 Å². The summed E-state index contributed by atoms with van der Waals surface area (Å²) in [7, 11) is 0. The lowest BCUT2D eigenvalue weighted by Crippen LogP contribution is -2.00. The molecule has 0 aliphatic heterocycles. The Balaban J connectivity index is 1.66. The second kappa shape index (κ2) is 8.14. The zero-order valence-electron chi connectivity index (χ0n) is 15.6. The van der Waals surface area contributed by atoms with Crippen molar-refractivity contribution in [2.45, 2.75) is 19.4 Å². The second-order valence-electron chi connectivity index (χ2n) is 6.81. The molecule has 4 aromatic rings. The van der Waals surface area contributed by atoms with Crippen LogP contribution in [0.1, 0.15) is 17.5 Å². The molecule has 29 heavy (non-hydrogen) atoms. The van der Waals surface area contributed by atoms with Gasteiger partial charge in [-0.1, -0.05) is 24.3 Å². The van der Waals surface area contributed by atoms with Gasteiger partial charge in [-0.05, 0) is 59.5 Å². The van der Waals surface area contributed by atoms with E-state index in [2.05, 4.69) is 10.2 Å². The Kier molecular flexibility index (Phi) is 5.24. The van der Waals surface area contributed by atoms with Crippen LogP contribution in [0.15, 0.2) is 66.9 Å². The Labute approximate surface area is 166 Å². The van der Waals surface area contributed by atoms with E-state index >= 15 is 0 Å². The first-order valence-electron chi connectivity index (χ1n) is 9.24. The number of fused-ring (bicyclic) bond motifs is 1. The standard InChI is InChI=1S/C23H19FN2O3/c24-19-6-1-16(2-7-19)14-29-22-9-3-15(4-10-23(27)28)11-20(22)17-5-8-21-18(12-17)13-25-26-21/h1-3,5-9,11-13H,4,10,14H2,(H,25,26)(H,27,28). The Morgan fingerprint density at radius 1 is 1.03 bits per heavy atom.